The Kier molecular flexibility index (Phi) is 1.37. The van der Waals surface area contributed by atoms with Gasteiger partial charge in [-0.05, 0) is 32.1 Å². The fourth-order valence-corrected chi connectivity index (χ4v) is 2.59. The van der Waals surface area contributed by atoms with Crippen LogP contribution in [0.1, 0.15) is 40.0 Å². The minimum absolute atomic E-state index is 0.122. The number of hydrogen-bond acceptors (Lipinski definition) is 1. The average Bonchev–Trinajstić information content (AvgIpc) is 2.28. The number of carbonyl (C=O) groups is 1. The lowest BCUT2D eigenvalue weighted by Gasteiger charge is -2.40. The first-order chi connectivity index (χ1) is 5.44. The smallest absolute Gasteiger partial charge is 0.226 e. The molecule has 0 radical (unpaired) electrons. The maximum atomic E-state index is 11.7. The fraction of sp³-hybridized carbons (Fsp3) is 0.900. The maximum absolute atomic E-state index is 11.7. The summed E-state index contributed by atoms with van der Waals surface area (Å²) in [6.45, 7) is 6.30. The van der Waals surface area contributed by atoms with Crippen LogP contribution in [0.5, 0.6) is 0 Å². The number of amides is 1. The minimum atomic E-state index is -0.129. The summed E-state index contributed by atoms with van der Waals surface area (Å²) in [5.41, 5.74) is -0.00667. The molecule has 0 aromatic carbocycles. The van der Waals surface area contributed by atoms with Crippen molar-refractivity contribution in [2.75, 3.05) is 0 Å². The molecule has 2 bridgehead atoms. The Morgan fingerprint density at radius 3 is 2.75 bits per heavy atom. The molecule has 0 spiro atoms. The van der Waals surface area contributed by atoms with Gasteiger partial charge in [0.1, 0.15) is 0 Å². The molecule has 1 saturated heterocycles. The van der Waals surface area contributed by atoms with Crippen LogP contribution in [0.3, 0.4) is 0 Å². The lowest BCUT2D eigenvalue weighted by Crippen LogP contribution is -2.55. The van der Waals surface area contributed by atoms with E-state index in [1.165, 1.54) is 12.8 Å². The normalized spacial score (nSPS) is 44.2. The van der Waals surface area contributed by atoms with Gasteiger partial charge in [-0.25, -0.2) is 0 Å². The van der Waals surface area contributed by atoms with Crippen LogP contribution in [0.15, 0.2) is 0 Å². The number of hydrogen-bond donors (Lipinski definition) is 1. The van der Waals surface area contributed by atoms with Gasteiger partial charge in [0.15, 0.2) is 0 Å². The summed E-state index contributed by atoms with van der Waals surface area (Å²) in [7, 11) is 0. The van der Waals surface area contributed by atoms with Crippen molar-refractivity contribution in [3.8, 4) is 0 Å². The predicted octanol–water partition coefficient (Wildman–Crippen LogP) is 1.70. The standard InChI is InChI=1S/C10H17NO/c1-9(2)7-4-5-10(3,6-7)11-8(9)12/h7H,4-6H2,1-3H3,(H,11,12)/t7-,10+/m0/s1. The van der Waals surface area contributed by atoms with Crippen LogP contribution in [0.4, 0.5) is 0 Å². The van der Waals surface area contributed by atoms with Gasteiger partial charge in [-0.15, -0.1) is 0 Å². The topological polar surface area (TPSA) is 29.1 Å². The lowest BCUT2D eigenvalue weighted by atomic mass is 9.73. The first-order valence-electron chi connectivity index (χ1n) is 4.77. The highest BCUT2D eigenvalue weighted by Crippen LogP contribution is 2.48. The summed E-state index contributed by atoms with van der Waals surface area (Å²) < 4.78 is 0. The minimum Gasteiger partial charge on any atom is -0.350 e. The highest BCUT2D eigenvalue weighted by molar-refractivity contribution is 5.84. The van der Waals surface area contributed by atoms with Crippen LogP contribution in [0.25, 0.3) is 0 Å². The van der Waals surface area contributed by atoms with Crippen LogP contribution in [0, 0.1) is 11.3 Å². The van der Waals surface area contributed by atoms with Crippen molar-refractivity contribution in [2.45, 2.75) is 45.6 Å². The second kappa shape index (κ2) is 2.04. The molecule has 1 amide bonds. The van der Waals surface area contributed by atoms with Crippen LogP contribution in [-0.4, -0.2) is 11.4 Å². The second-order valence-electron chi connectivity index (χ2n) is 5.18. The van der Waals surface area contributed by atoms with Gasteiger partial charge in [0.25, 0.3) is 0 Å². The quantitative estimate of drug-likeness (QED) is 0.584. The molecule has 1 aliphatic heterocycles. The molecular weight excluding hydrogens is 150 g/mol. The summed E-state index contributed by atoms with van der Waals surface area (Å²) in [5, 5.41) is 3.14. The number of fused-ring (bicyclic) bond motifs is 2. The van der Waals surface area contributed by atoms with Crippen molar-refractivity contribution in [3.63, 3.8) is 0 Å². The van der Waals surface area contributed by atoms with Crippen molar-refractivity contribution < 1.29 is 4.79 Å². The van der Waals surface area contributed by atoms with Crippen LogP contribution in [0.2, 0.25) is 0 Å². The third-order valence-corrected chi connectivity index (χ3v) is 3.76. The Morgan fingerprint density at radius 2 is 2.08 bits per heavy atom. The molecular formula is C10H17NO. The van der Waals surface area contributed by atoms with Crippen molar-refractivity contribution in [1.82, 2.24) is 5.32 Å². The largest absolute Gasteiger partial charge is 0.350 e. The second-order valence-corrected chi connectivity index (χ2v) is 5.18. The Morgan fingerprint density at radius 1 is 1.42 bits per heavy atom. The van der Waals surface area contributed by atoms with E-state index in [0.717, 1.165) is 6.42 Å². The van der Waals surface area contributed by atoms with Gasteiger partial charge in [0.05, 0.1) is 0 Å². The van der Waals surface area contributed by atoms with Gasteiger partial charge in [-0.1, -0.05) is 13.8 Å². The van der Waals surface area contributed by atoms with E-state index in [-0.39, 0.29) is 16.9 Å². The summed E-state index contributed by atoms with van der Waals surface area (Å²) in [5.74, 6) is 0.856. The third kappa shape index (κ3) is 0.900. The van der Waals surface area contributed by atoms with Gasteiger partial charge in [-0.3, -0.25) is 4.79 Å². The van der Waals surface area contributed by atoms with Gasteiger partial charge in [0.2, 0.25) is 5.91 Å². The van der Waals surface area contributed by atoms with E-state index in [4.69, 9.17) is 0 Å². The van der Waals surface area contributed by atoms with E-state index in [1.807, 2.05) is 0 Å². The van der Waals surface area contributed by atoms with Crippen molar-refractivity contribution in [3.05, 3.63) is 0 Å². The van der Waals surface area contributed by atoms with E-state index in [9.17, 15) is 4.79 Å². The monoisotopic (exact) mass is 167 g/mol. The average molecular weight is 167 g/mol. The number of nitrogens with one attached hydrogen (secondary N) is 1. The van der Waals surface area contributed by atoms with E-state index in [2.05, 4.69) is 26.1 Å². The summed E-state index contributed by atoms with van der Waals surface area (Å²) in [6, 6.07) is 0. The molecule has 2 rings (SSSR count). The molecule has 2 heteroatoms. The van der Waals surface area contributed by atoms with E-state index >= 15 is 0 Å². The first-order valence-corrected chi connectivity index (χ1v) is 4.77. The zero-order valence-corrected chi connectivity index (χ0v) is 8.11. The van der Waals surface area contributed by atoms with Crippen molar-refractivity contribution >= 4 is 5.91 Å². The maximum Gasteiger partial charge on any atom is 0.226 e. The molecule has 12 heavy (non-hydrogen) atoms. The van der Waals surface area contributed by atoms with E-state index in [1.54, 1.807) is 0 Å². The highest BCUT2D eigenvalue weighted by atomic mass is 16.2. The van der Waals surface area contributed by atoms with Gasteiger partial charge >= 0.3 is 0 Å². The zero-order chi connectivity index (χ0) is 8.98. The Balaban J connectivity index is 2.32. The number of rotatable bonds is 0. The highest BCUT2D eigenvalue weighted by Gasteiger charge is 2.51. The molecule has 0 aromatic heterocycles. The van der Waals surface area contributed by atoms with Gasteiger partial charge in [0, 0.05) is 11.0 Å². The molecule has 1 aliphatic carbocycles. The predicted molar refractivity (Wildman–Crippen MR) is 47.7 cm³/mol. The fourth-order valence-electron chi connectivity index (χ4n) is 2.59. The molecule has 0 unspecified atom stereocenters. The zero-order valence-electron chi connectivity index (χ0n) is 8.11. The molecule has 2 nitrogen and oxygen atoms in total. The number of carbonyl (C=O) groups excluding carboxylic acids is 1. The lowest BCUT2D eigenvalue weighted by molar-refractivity contribution is -0.136. The SMILES string of the molecule is CC1(C)C(=O)N[C@]2(C)CC[C@H]1C2. The Bertz CT molecular complexity index is 234. The first kappa shape index (κ1) is 8.09. The molecule has 1 N–H and O–H groups in total. The Labute approximate surface area is 73.7 Å². The molecule has 1 heterocycles. The van der Waals surface area contributed by atoms with Crippen LogP contribution < -0.4 is 5.32 Å². The Hall–Kier alpha value is -0.530. The van der Waals surface area contributed by atoms with E-state index < -0.39 is 0 Å². The summed E-state index contributed by atoms with van der Waals surface area (Å²) >= 11 is 0. The van der Waals surface area contributed by atoms with Crippen LogP contribution in [-0.2, 0) is 4.79 Å². The van der Waals surface area contributed by atoms with Crippen LogP contribution >= 0.6 is 0 Å². The molecule has 2 aliphatic rings. The van der Waals surface area contributed by atoms with Gasteiger partial charge < -0.3 is 5.32 Å². The number of piperidine rings is 1. The molecule has 0 aromatic rings. The molecule has 2 fully saturated rings. The van der Waals surface area contributed by atoms with Crippen molar-refractivity contribution in [1.29, 1.82) is 0 Å². The molecule has 68 valence electrons. The summed E-state index contributed by atoms with van der Waals surface area (Å²) in [6.07, 6.45) is 3.54. The van der Waals surface area contributed by atoms with Gasteiger partial charge in [-0.2, -0.15) is 0 Å². The third-order valence-electron chi connectivity index (χ3n) is 3.76. The summed E-state index contributed by atoms with van der Waals surface area (Å²) in [4.78, 5) is 11.7. The van der Waals surface area contributed by atoms with Crippen molar-refractivity contribution in [2.24, 2.45) is 11.3 Å². The van der Waals surface area contributed by atoms with E-state index in [0.29, 0.717) is 5.92 Å². The molecule has 1 saturated carbocycles. The molecule has 2 atom stereocenters.